The summed E-state index contributed by atoms with van der Waals surface area (Å²) >= 11 is 0. The summed E-state index contributed by atoms with van der Waals surface area (Å²) in [6, 6.07) is 7.27. The van der Waals surface area contributed by atoms with E-state index in [0.29, 0.717) is 12.1 Å². The summed E-state index contributed by atoms with van der Waals surface area (Å²) in [4.78, 5) is 5.11. The lowest BCUT2D eigenvalue weighted by molar-refractivity contribution is 0.203. The van der Waals surface area contributed by atoms with Crippen LogP contribution in [0.3, 0.4) is 0 Å². The highest BCUT2D eigenvalue weighted by molar-refractivity contribution is 5.61. The van der Waals surface area contributed by atoms with Crippen molar-refractivity contribution in [2.45, 2.75) is 31.8 Å². The summed E-state index contributed by atoms with van der Waals surface area (Å²) in [6.07, 6.45) is 2.66. The Kier molecular flexibility index (Phi) is 3.27. The second-order valence-electron chi connectivity index (χ2n) is 5.76. The lowest BCUT2D eigenvalue weighted by Gasteiger charge is -2.43. The molecule has 0 aliphatic carbocycles. The molecule has 2 fully saturated rings. The molecule has 4 heteroatoms. The van der Waals surface area contributed by atoms with E-state index < -0.39 is 0 Å². The Balaban J connectivity index is 1.86. The molecule has 0 saturated carbocycles. The first kappa shape index (κ1) is 12.6. The molecule has 2 N–H and O–H groups in total. The molecule has 19 heavy (non-hydrogen) atoms. The van der Waals surface area contributed by atoms with E-state index in [0.717, 1.165) is 24.5 Å². The average Bonchev–Trinajstić information content (AvgIpc) is 2.84. The van der Waals surface area contributed by atoms with Crippen LogP contribution in [0.25, 0.3) is 0 Å². The van der Waals surface area contributed by atoms with Gasteiger partial charge < -0.3 is 15.4 Å². The van der Waals surface area contributed by atoms with Gasteiger partial charge in [-0.15, -0.1) is 0 Å². The van der Waals surface area contributed by atoms with Crippen LogP contribution in [0.5, 0.6) is 5.75 Å². The Morgan fingerprint density at radius 2 is 2.11 bits per heavy atom. The number of piperazine rings is 1. The summed E-state index contributed by atoms with van der Waals surface area (Å²) in [5.41, 5.74) is 7.94. The summed E-state index contributed by atoms with van der Waals surface area (Å²) in [5, 5.41) is 0. The fourth-order valence-electron chi connectivity index (χ4n) is 3.44. The molecular formula is C15H23N3O. The van der Waals surface area contributed by atoms with Crippen LogP contribution in [-0.2, 0) is 0 Å². The maximum Gasteiger partial charge on any atom is 0.122 e. The van der Waals surface area contributed by atoms with Gasteiger partial charge in [-0.25, -0.2) is 0 Å². The lowest BCUT2D eigenvalue weighted by atomic mass is 10.1. The van der Waals surface area contributed by atoms with Gasteiger partial charge in [0.15, 0.2) is 0 Å². The van der Waals surface area contributed by atoms with Gasteiger partial charge in [0.25, 0.3) is 0 Å². The molecule has 2 atom stereocenters. The molecule has 4 nitrogen and oxygen atoms in total. The third-order valence-corrected chi connectivity index (χ3v) is 4.42. The van der Waals surface area contributed by atoms with Gasteiger partial charge >= 0.3 is 0 Å². The maximum atomic E-state index is 5.98. The number of methoxy groups -OCH3 is 1. The van der Waals surface area contributed by atoms with Crippen LogP contribution in [0.1, 0.15) is 19.8 Å². The number of hydrogen-bond donors (Lipinski definition) is 1. The number of nitrogens with zero attached hydrogens (tertiary/aromatic N) is 2. The van der Waals surface area contributed by atoms with Crippen LogP contribution in [-0.4, -0.2) is 43.7 Å². The highest BCUT2D eigenvalue weighted by atomic mass is 16.5. The summed E-state index contributed by atoms with van der Waals surface area (Å²) in [5.74, 6) is 0.844. The van der Waals surface area contributed by atoms with Crippen molar-refractivity contribution in [1.29, 1.82) is 0 Å². The van der Waals surface area contributed by atoms with Crippen molar-refractivity contribution in [3.8, 4) is 5.75 Å². The predicted molar refractivity (Wildman–Crippen MR) is 78.8 cm³/mol. The number of anilines is 2. The fourth-order valence-corrected chi connectivity index (χ4v) is 3.44. The minimum atomic E-state index is 0.529. The molecule has 2 aliphatic rings. The van der Waals surface area contributed by atoms with Gasteiger partial charge in [-0.05, 0) is 32.4 Å². The van der Waals surface area contributed by atoms with Crippen molar-refractivity contribution in [3.05, 3.63) is 18.2 Å². The Morgan fingerprint density at radius 3 is 2.89 bits per heavy atom. The van der Waals surface area contributed by atoms with Gasteiger partial charge in [0.2, 0.25) is 0 Å². The van der Waals surface area contributed by atoms with Crippen LogP contribution >= 0.6 is 0 Å². The van der Waals surface area contributed by atoms with E-state index in [1.807, 2.05) is 6.07 Å². The molecule has 1 aromatic carbocycles. The second kappa shape index (κ2) is 4.93. The van der Waals surface area contributed by atoms with Gasteiger partial charge in [-0.1, -0.05) is 0 Å². The van der Waals surface area contributed by atoms with Crippen molar-refractivity contribution in [2.24, 2.45) is 0 Å². The van der Waals surface area contributed by atoms with Crippen molar-refractivity contribution in [3.63, 3.8) is 0 Å². The normalized spacial score (nSPS) is 27.4. The highest BCUT2D eigenvalue weighted by Crippen LogP contribution is 2.32. The van der Waals surface area contributed by atoms with Gasteiger partial charge in [0, 0.05) is 48.7 Å². The van der Waals surface area contributed by atoms with Crippen LogP contribution in [0.15, 0.2) is 18.2 Å². The van der Waals surface area contributed by atoms with Crippen molar-refractivity contribution in [1.82, 2.24) is 4.90 Å². The number of benzene rings is 1. The Hall–Kier alpha value is -1.42. The lowest BCUT2D eigenvalue weighted by Crippen LogP contribution is -2.55. The van der Waals surface area contributed by atoms with E-state index in [1.54, 1.807) is 7.11 Å². The first-order valence-electron chi connectivity index (χ1n) is 7.12. The Bertz CT molecular complexity index is 463. The molecule has 2 heterocycles. The van der Waals surface area contributed by atoms with E-state index in [4.69, 9.17) is 10.5 Å². The Labute approximate surface area is 115 Å². The van der Waals surface area contributed by atoms with Gasteiger partial charge in [-0.3, -0.25) is 4.90 Å². The first-order chi connectivity index (χ1) is 9.17. The molecule has 0 radical (unpaired) electrons. The monoisotopic (exact) mass is 261 g/mol. The molecule has 104 valence electrons. The van der Waals surface area contributed by atoms with Crippen LogP contribution in [0, 0.1) is 0 Å². The van der Waals surface area contributed by atoms with Crippen molar-refractivity contribution in [2.75, 3.05) is 37.4 Å². The smallest absolute Gasteiger partial charge is 0.122 e. The first-order valence-corrected chi connectivity index (χ1v) is 7.12. The maximum absolute atomic E-state index is 5.98. The molecular weight excluding hydrogens is 238 g/mol. The average molecular weight is 261 g/mol. The standard InChI is InChI=1S/C15H23N3O/c1-11-9-17-5-3-4-13(17)10-18(11)14-6-12(16)7-15(8-14)19-2/h6-8,11,13H,3-5,9-10,16H2,1-2H3. The summed E-state index contributed by atoms with van der Waals surface area (Å²) in [6.45, 7) is 5.82. The molecule has 2 aliphatic heterocycles. The summed E-state index contributed by atoms with van der Waals surface area (Å²) in [7, 11) is 1.69. The molecule has 2 saturated heterocycles. The minimum absolute atomic E-state index is 0.529. The quantitative estimate of drug-likeness (QED) is 0.826. The third kappa shape index (κ3) is 2.37. The number of rotatable bonds is 2. The summed E-state index contributed by atoms with van der Waals surface area (Å²) < 4.78 is 5.33. The van der Waals surface area contributed by atoms with Crippen LogP contribution in [0.4, 0.5) is 11.4 Å². The minimum Gasteiger partial charge on any atom is -0.497 e. The van der Waals surface area contributed by atoms with E-state index >= 15 is 0 Å². The van der Waals surface area contributed by atoms with E-state index in [2.05, 4.69) is 28.9 Å². The second-order valence-corrected chi connectivity index (χ2v) is 5.76. The fraction of sp³-hybridized carbons (Fsp3) is 0.600. The molecule has 2 unspecified atom stereocenters. The zero-order valence-corrected chi connectivity index (χ0v) is 11.8. The molecule has 0 bridgehead atoms. The Morgan fingerprint density at radius 1 is 1.26 bits per heavy atom. The molecule has 3 rings (SSSR count). The van der Waals surface area contributed by atoms with Crippen LogP contribution in [0.2, 0.25) is 0 Å². The topological polar surface area (TPSA) is 41.7 Å². The SMILES string of the molecule is COc1cc(N)cc(N2CC3CCCN3CC2C)c1. The van der Waals surface area contributed by atoms with E-state index in [-0.39, 0.29) is 0 Å². The zero-order chi connectivity index (χ0) is 13.4. The van der Waals surface area contributed by atoms with Crippen molar-refractivity contribution < 1.29 is 4.74 Å². The molecule has 0 amide bonds. The van der Waals surface area contributed by atoms with Crippen LogP contribution < -0.4 is 15.4 Å². The van der Waals surface area contributed by atoms with Gasteiger partial charge in [0.05, 0.1) is 7.11 Å². The number of nitrogens with two attached hydrogens (primary N) is 1. The number of fused-ring (bicyclic) bond motifs is 1. The van der Waals surface area contributed by atoms with Gasteiger partial charge in [0.1, 0.15) is 5.75 Å². The molecule has 0 spiro atoms. The third-order valence-electron chi connectivity index (χ3n) is 4.42. The number of nitrogen functional groups attached to an aromatic ring is 1. The van der Waals surface area contributed by atoms with Gasteiger partial charge in [-0.2, -0.15) is 0 Å². The van der Waals surface area contributed by atoms with E-state index in [9.17, 15) is 0 Å². The highest BCUT2D eigenvalue weighted by Gasteiger charge is 2.34. The van der Waals surface area contributed by atoms with Crippen molar-refractivity contribution >= 4 is 11.4 Å². The largest absolute Gasteiger partial charge is 0.497 e. The van der Waals surface area contributed by atoms with E-state index in [1.165, 1.54) is 25.1 Å². The molecule has 1 aromatic rings. The predicted octanol–water partition coefficient (Wildman–Crippen LogP) is 1.95. The molecule has 0 aromatic heterocycles. The number of ether oxygens (including phenoxy) is 1. The number of hydrogen-bond acceptors (Lipinski definition) is 4. The zero-order valence-electron chi connectivity index (χ0n) is 11.8.